The van der Waals surface area contributed by atoms with Crippen LogP contribution >= 0.6 is 0 Å². The number of nitrogens with zero attached hydrogens (tertiary/aromatic N) is 2. The van der Waals surface area contributed by atoms with Crippen molar-refractivity contribution in [3.8, 4) is 11.4 Å². The Morgan fingerprint density at radius 3 is 3.19 bits per heavy atom. The molecule has 1 aliphatic heterocycles. The van der Waals surface area contributed by atoms with Crippen LogP contribution in [0, 0.1) is 0 Å². The molecule has 3 rings (SSSR count). The first-order chi connectivity index (χ1) is 7.93. The summed E-state index contributed by atoms with van der Waals surface area (Å²) in [4.78, 5) is 4.40. The predicted octanol–water partition coefficient (Wildman–Crippen LogP) is 1.80. The zero-order valence-corrected chi connectivity index (χ0v) is 8.85. The zero-order chi connectivity index (χ0) is 10.8. The first kappa shape index (κ1) is 9.59. The van der Waals surface area contributed by atoms with E-state index in [1.165, 1.54) is 0 Å². The number of hydrogen-bond donors (Lipinski definition) is 1. The monoisotopic (exact) mass is 219 g/mol. The maximum Gasteiger partial charge on any atom is 0.231 e. The second-order valence-corrected chi connectivity index (χ2v) is 4.01. The van der Waals surface area contributed by atoms with E-state index >= 15 is 0 Å². The summed E-state index contributed by atoms with van der Waals surface area (Å²) in [6, 6.07) is 1.83. The topological polar surface area (TPSA) is 64.1 Å². The summed E-state index contributed by atoms with van der Waals surface area (Å²) in [7, 11) is 0. The minimum atomic E-state index is 0.349. The van der Waals surface area contributed by atoms with Gasteiger partial charge in [-0.2, -0.15) is 4.98 Å². The zero-order valence-electron chi connectivity index (χ0n) is 8.85. The van der Waals surface area contributed by atoms with E-state index in [4.69, 9.17) is 8.94 Å². The fourth-order valence-electron chi connectivity index (χ4n) is 1.97. The van der Waals surface area contributed by atoms with E-state index in [0.717, 1.165) is 37.4 Å². The molecule has 2 aromatic rings. The van der Waals surface area contributed by atoms with Crippen LogP contribution in [-0.4, -0.2) is 23.2 Å². The van der Waals surface area contributed by atoms with Crippen LogP contribution < -0.4 is 5.32 Å². The van der Waals surface area contributed by atoms with Crippen LogP contribution in [0.4, 0.5) is 0 Å². The van der Waals surface area contributed by atoms with Crippen molar-refractivity contribution in [2.75, 3.05) is 13.1 Å². The molecule has 0 spiro atoms. The molecule has 1 N–H and O–H groups in total. The van der Waals surface area contributed by atoms with Crippen LogP contribution in [0.2, 0.25) is 0 Å². The molecule has 5 nitrogen and oxygen atoms in total. The number of piperidine rings is 1. The molecular weight excluding hydrogens is 206 g/mol. The molecule has 0 amide bonds. The highest BCUT2D eigenvalue weighted by molar-refractivity contribution is 5.51. The van der Waals surface area contributed by atoms with Gasteiger partial charge in [0.05, 0.1) is 17.7 Å². The van der Waals surface area contributed by atoms with Crippen molar-refractivity contribution in [2.45, 2.75) is 18.8 Å². The van der Waals surface area contributed by atoms with Gasteiger partial charge in [0.2, 0.25) is 11.7 Å². The highest BCUT2D eigenvalue weighted by Gasteiger charge is 2.21. The summed E-state index contributed by atoms with van der Waals surface area (Å²) < 4.78 is 10.3. The summed E-state index contributed by atoms with van der Waals surface area (Å²) in [6.07, 6.45) is 5.50. The van der Waals surface area contributed by atoms with E-state index in [-0.39, 0.29) is 0 Å². The lowest BCUT2D eigenvalue weighted by molar-refractivity contribution is 0.322. The molecule has 0 saturated carbocycles. The minimum absolute atomic E-state index is 0.349. The Balaban J connectivity index is 1.82. The van der Waals surface area contributed by atoms with Crippen LogP contribution in [0.3, 0.4) is 0 Å². The van der Waals surface area contributed by atoms with Crippen molar-refractivity contribution < 1.29 is 8.94 Å². The molecule has 1 aliphatic rings. The summed E-state index contributed by atoms with van der Waals surface area (Å²) >= 11 is 0. The third kappa shape index (κ3) is 1.74. The van der Waals surface area contributed by atoms with Crippen molar-refractivity contribution >= 4 is 0 Å². The van der Waals surface area contributed by atoms with Gasteiger partial charge in [-0.25, -0.2) is 0 Å². The summed E-state index contributed by atoms with van der Waals surface area (Å²) in [6.45, 7) is 2.01. The molecule has 1 fully saturated rings. The largest absolute Gasteiger partial charge is 0.472 e. The van der Waals surface area contributed by atoms with Crippen LogP contribution in [0.5, 0.6) is 0 Å². The summed E-state index contributed by atoms with van der Waals surface area (Å²) in [5.41, 5.74) is 0.860. The Kier molecular flexibility index (Phi) is 2.46. The van der Waals surface area contributed by atoms with Gasteiger partial charge >= 0.3 is 0 Å². The number of aromatic nitrogens is 2. The standard InChI is InChI=1S/C11H13N3O2/c1-2-8(6-12-4-1)11-13-10(14-16-11)9-3-5-15-7-9/h3,5,7-8,12H,1-2,4,6H2/t8-/m1/s1. The Labute approximate surface area is 92.8 Å². The third-order valence-corrected chi connectivity index (χ3v) is 2.87. The van der Waals surface area contributed by atoms with Crippen LogP contribution in [0.25, 0.3) is 11.4 Å². The Morgan fingerprint density at radius 2 is 2.44 bits per heavy atom. The van der Waals surface area contributed by atoms with Crippen molar-refractivity contribution in [2.24, 2.45) is 0 Å². The fourth-order valence-corrected chi connectivity index (χ4v) is 1.97. The molecule has 0 unspecified atom stereocenters. The Bertz CT molecular complexity index is 444. The van der Waals surface area contributed by atoms with Gasteiger partial charge in [-0.1, -0.05) is 5.16 Å². The second-order valence-electron chi connectivity index (χ2n) is 4.01. The smallest absolute Gasteiger partial charge is 0.231 e. The molecule has 1 atom stereocenters. The minimum Gasteiger partial charge on any atom is -0.472 e. The van der Waals surface area contributed by atoms with Gasteiger partial charge in [0, 0.05) is 6.54 Å². The SMILES string of the molecule is c1cc(-c2noc([C@@H]3CCCNC3)n2)co1. The van der Waals surface area contributed by atoms with Crippen molar-refractivity contribution in [1.29, 1.82) is 0 Å². The Morgan fingerprint density at radius 1 is 1.44 bits per heavy atom. The van der Waals surface area contributed by atoms with Gasteiger partial charge in [0.25, 0.3) is 0 Å². The maximum atomic E-state index is 5.29. The molecule has 0 aromatic carbocycles. The maximum absolute atomic E-state index is 5.29. The van der Waals surface area contributed by atoms with Crippen molar-refractivity contribution in [1.82, 2.24) is 15.5 Å². The van der Waals surface area contributed by atoms with Gasteiger partial charge in [0.15, 0.2) is 0 Å². The number of nitrogens with one attached hydrogen (secondary N) is 1. The number of rotatable bonds is 2. The highest BCUT2D eigenvalue weighted by atomic mass is 16.5. The average Bonchev–Trinajstić information content (AvgIpc) is 3.01. The molecule has 16 heavy (non-hydrogen) atoms. The fraction of sp³-hybridized carbons (Fsp3) is 0.455. The molecule has 0 bridgehead atoms. The first-order valence-electron chi connectivity index (χ1n) is 5.50. The van der Waals surface area contributed by atoms with Crippen molar-refractivity contribution in [3.63, 3.8) is 0 Å². The van der Waals surface area contributed by atoms with Gasteiger partial charge in [-0.15, -0.1) is 0 Å². The van der Waals surface area contributed by atoms with E-state index in [1.54, 1.807) is 12.5 Å². The van der Waals surface area contributed by atoms with E-state index in [9.17, 15) is 0 Å². The first-order valence-corrected chi connectivity index (χ1v) is 5.50. The van der Waals surface area contributed by atoms with Gasteiger partial charge in [0.1, 0.15) is 6.26 Å². The van der Waals surface area contributed by atoms with Gasteiger partial charge in [-0.3, -0.25) is 0 Å². The molecule has 1 saturated heterocycles. The molecule has 5 heteroatoms. The van der Waals surface area contributed by atoms with Gasteiger partial charge in [-0.05, 0) is 25.5 Å². The lowest BCUT2D eigenvalue weighted by Crippen LogP contribution is -2.28. The van der Waals surface area contributed by atoms with Gasteiger partial charge < -0.3 is 14.3 Å². The highest BCUT2D eigenvalue weighted by Crippen LogP contribution is 2.24. The van der Waals surface area contributed by atoms with E-state index < -0.39 is 0 Å². The third-order valence-electron chi connectivity index (χ3n) is 2.87. The Hall–Kier alpha value is -1.62. The van der Waals surface area contributed by atoms with Crippen molar-refractivity contribution in [3.05, 3.63) is 24.5 Å². The van der Waals surface area contributed by atoms with Crippen LogP contribution in [0.1, 0.15) is 24.7 Å². The van der Waals surface area contributed by atoms with E-state index in [0.29, 0.717) is 11.7 Å². The number of hydrogen-bond acceptors (Lipinski definition) is 5. The average molecular weight is 219 g/mol. The molecule has 84 valence electrons. The molecule has 3 heterocycles. The predicted molar refractivity (Wildman–Crippen MR) is 56.8 cm³/mol. The lowest BCUT2D eigenvalue weighted by Gasteiger charge is -2.18. The lowest BCUT2D eigenvalue weighted by atomic mass is 10.00. The van der Waals surface area contributed by atoms with Crippen LogP contribution in [0.15, 0.2) is 27.5 Å². The quantitative estimate of drug-likeness (QED) is 0.834. The molecule has 0 aliphatic carbocycles. The molecule has 2 aromatic heterocycles. The van der Waals surface area contributed by atoms with E-state index in [1.807, 2.05) is 6.07 Å². The van der Waals surface area contributed by atoms with Crippen LogP contribution in [-0.2, 0) is 0 Å². The summed E-state index contributed by atoms with van der Waals surface area (Å²) in [5, 5.41) is 7.29. The van der Waals surface area contributed by atoms with E-state index in [2.05, 4.69) is 15.5 Å². The second kappa shape index (κ2) is 4.09. The molecule has 0 radical (unpaired) electrons. The molecular formula is C11H13N3O2. The summed E-state index contributed by atoms with van der Waals surface area (Å²) in [5.74, 6) is 1.68. The number of furan rings is 1. The normalized spacial score (nSPS) is 21.1.